The number of rotatable bonds is 4. The zero-order valence-electron chi connectivity index (χ0n) is 10.6. The molecule has 0 aliphatic carbocycles. The molecule has 0 radical (unpaired) electrons. The van der Waals surface area contributed by atoms with Crippen molar-refractivity contribution in [2.24, 2.45) is 0 Å². The van der Waals surface area contributed by atoms with Crippen molar-refractivity contribution in [1.29, 1.82) is 0 Å². The van der Waals surface area contributed by atoms with E-state index < -0.39 is 11.6 Å². The number of hydrogen-bond donors (Lipinski definition) is 2. The van der Waals surface area contributed by atoms with Gasteiger partial charge in [-0.05, 0) is 48.4 Å². The Kier molecular flexibility index (Phi) is 4.74. The Morgan fingerprint density at radius 1 is 1.05 bits per heavy atom. The van der Waals surface area contributed by atoms with Gasteiger partial charge in [-0.3, -0.25) is 4.79 Å². The zero-order valence-corrected chi connectivity index (χ0v) is 11.5. The minimum atomic E-state index is -0.615. The third kappa shape index (κ3) is 4.06. The van der Waals surface area contributed by atoms with E-state index in [4.69, 9.17) is 0 Å². The van der Waals surface area contributed by atoms with Crippen LogP contribution in [0.4, 0.5) is 8.78 Å². The second kappa shape index (κ2) is 6.52. The normalized spacial score (nSPS) is 10.3. The number of carbonyl (C=O) groups is 1. The molecule has 104 valence electrons. The topological polar surface area (TPSA) is 29.1 Å². The molecule has 0 heterocycles. The third-order valence-electron chi connectivity index (χ3n) is 2.75. The zero-order chi connectivity index (χ0) is 14.5. The average Bonchev–Trinajstić information content (AvgIpc) is 2.38. The van der Waals surface area contributed by atoms with Gasteiger partial charge in [0.2, 0.25) is 0 Å². The fourth-order valence-corrected chi connectivity index (χ4v) is 1.94. The summed E-state index contributed by atoms with van der Waals surface area (Å²) in [6.07, 6.45) is 0.366. The van der Waals surface area contributed by atoms with Crippen molar-refractivity contribution >= 4 is 18.5 Å². The van der Waals surface area contributed by atoms with E-state index in [2.05, 4.69) is 17.9 Å². The van der Waals surface area contributed by atoms with Crippen LogP contribution < -0.4 is 5.32 Å². The van der Waals surface area contributed by atoms with E-state index >= 15 is 0 Å². The first-order valence-electron chi connectivity index (χ1n) is 6.07. The van der Waals surface area contributed by atoms with Crippen molar-refractivity contribution in [2.75, 3.05) is 6.54 Å². The van der Waals surface area contributed by atoms with Crippen molar-refractivity contribution in [3.8, 4) is 0 Å². The molecule has 5 heteroatoms. The maximum Gasteiger partial charge on any atom is 0.251 e. The van der Waals surface area contributed by atoms with Gasteiger partial charge in [0.25, 0.3) is 5.91 Å². The van der Waals surface area contributed by atoms with Crippen LogP contribution in [0.5, 0.6) is 0 Å². The molecule has 2 rings (SSSR count). The van der Waals surface area contributed by atoms with E-state index in [1.54, 1.807) is 24.3 Å². The number of hydrogen-bond acceptors (Lipinski definition) is 2. The van der Waals surface area contributed by atoms with Gasteiger partial charge in [-0.2, -0.15) is 0 Å². The summed E-state index contributed by atoms with van der Waals surface area (Å²) >= 11 is 4.13. The Bertz CT molecular complexity index is 594. The van der Waals surface area contributed by atoms with Crippen LogP contribution >= 0.6 is 12.6 Å². The molecular weight excluding hydrogens is 280 g/mol. The molecule has 0 fully saturated rings. The highest BCUT2D eigenvalue weighted by molar-refractivity contribution is 7.80. The molecule has 1 N–H and O–H groups in total. The molecule has 0 bridgehead atoms. The molecular formula is C15H13F2NOS. The highest BCUT2D eigenvalue weighted by Crippen LogP contribution is 2.09. The fraction of sp³-hybridized carbons (Fsp3) is 0.133. The molecule has 2 aromatic carbocycles. The molecule has 0 aromatic heterocycles. The van der Waals surface area contributed by atoms with Gasteiger partial charge in [0, 0.05) is 23.1 Å². The lowest BCUT2D eigenvalue weighted by atomic mass is 10.1. The number of thiol groups is 1. The lowest BCUT2D eigenvalue weighted by molar-refractivity contribution is 0.0954. The Morgan fingerprint density at radius 3 is 2.25 bits per heavy atom. The fourth-order valence-electron chi connectivity index (χ4n) is 1.79. The second-order valence-corrected chi connectivity index (χ2v) is 4.85. The van der Waals surface area contributed by atoms with E-state index in [9.17, 15) is 13.6 Å². The molecule has 0 aliphatic rings. The van der Waals surface area contributed by atoms with Crippen molar-refractivity contribution < 1.29 is 13.6 Å². The Morgan fingerprint density at radius 2 is 1.65 bits per heavy atom. The SMILES string of the molecule is O=C(NCCc1cc(F)cc(F)c1)c1ccc(S)cc1. The smallest absolute Gasteiger partial charge is 0.251 e. The second-order valence-electron chi connectivity index (χ2n) is 4.33. The summed E-state index contributed by atoms with van der Waals surface area (Å²) in [5.74, 6) is -1.46. The van der Waals surface area contributed by atoms with Crippen LogP contribution in [0.1, 0.15) is 15.9 Å². The van der Waals surface area contributed by atoms with Crippen LogP contribution in [-0.2, 0) is 6.42 Å². The van der Waals surface area contributed by atoms with Gasteiger partial charge in [0.05, 0.1) is 0 Å². The van der Waals surface area contributed by atoms with Crippen LogP contribution in [0.3, 0.4) is 0 Å². The molecule has 1 amide bonds. The molecule has 0 unspecified atom stereocenters. The Labute approximate surface area is 121 Å². The first kappa shape index (κ1) is 14.5. The quantitative estimate of drug-likeness (QED) is 0.833. The average molecular weight is 293 g/mol. The van der Waals surface area contributed by atoms with Crippen LogP contribution in [0.2, 0.25) is 0 Å². The molecule has 0 spiro atoms. The predicted molar refractivity (Wildman–Crippen MR) is 76.1 cm³/mol. The van der Waals surface area contributed by atoms with Gasteiger partial charge in [-0.25, -0.2) is 8.78 Å². The summed E-state index contributed by atoms with van der Waals surface area (Å²) in [4.78, 5) is 12.6. The summed E-state index contributed by atoms with van der Waals surface area (Å²) < 4.78 is 26.0. The Balaban J connectivity index is 1.89. The van der Waals surface area contributed by atoms with E-state index in [1.165, 1.54) is 12.1 Å². The summed E-state index contributed by atoms with van der Waals surface area (Å²) in [6, 6.07) is 10.1. The van der Waals surface area contributed by atoms with E-state index in [0.29, 0.717) is 24.1 Å². The van der Waals surface area contributed by atoms with Crippen LogP contribution in [0, 0.1) is 11.6 Å². The van der Waals surface area contributed by atoms with Gasteiger partial charge in [0.1, 0.15) is 11.6 Å². The van der Waals surface area contributed by atoms with Crippen molar-refractivity contribution in [3.63, 3.8) is 0 Å². The minimum absolute atomic E-state index is 0.227. The van der Waals surface area contributed by atoms with Gasteiger partial charge in [-0.15, -0.1) is 12.6 Å². The first-order valence-corrected chi connectivity index (χ1v) is 6.51. The molecule has 0 saturated heterocycles. The molecule has 0 atom stereocenters. The number of amides is 1. The highest BCUT2D eigenvalue weighted by Gasteiger charge is 2.05. The number of carbonyl (C=O) groups excluding carboxylic acids is 1. The van der Waals surface area contributed by atoms with Crippen LogP contribution in [0.25, 0.3) is 0 Å². The molecule has 2 aromatic rings. The van der Waals surface area contributed by atoms with Gasteiger partial charge in [0.15, 0.2) is 0 Å². The van der Waals surface area contributed by atoms with Crippen molar-refractivity contribution in [1.82, 2.24) is 5.32 Å². The Hall–Kier alpha value is -1.88. The van der Waals surface area contributed by atoms with Crippen LogP contribution in [-0.4, -0.2) is 12.5 Å². The highest BCUT2D eigenvalue weighted by atomic mass is 32.1. The van der Waals surface area contributed by atoms with Gasteiger partial charge < -0.3 is 5.32 Å². The summed E-state index contributed by atoms with van der Waals surface area (Å²) in [5.41, 5.74) is 1.03. The summed E-state index contributed by atoms with van der Waals surface area (Å²) in [5, 5.41) is 2.70. The maximum absolute atomic E-state index is 13.0. The number of benzene rings is 2. The molecule has 20 heavy (non-hydrogen) atoms. The lowest BCUT2D eigenvalue weighted by Gasteiger charge is -2.06. The summed E-state index contributed by atoms with van der Waals surface area (Å²) in [7, 11) is 0. The molecule has 0 saturated carbocycles. The van der Waals surface area contributed by atoms with Gasteiger partial charge >= 0.3 is 0 Å². The maximum atomic E-state index is 13.0. The van der Waals surface area contributed by atoms with Crippen LogP contribution in [0.15, 0.2) is 47.4 Å². The molecule has 2 nitrogen and oxygen atoms in total. The summed E-state index contributed by atoms with van der Waals surface area (Å²) in [6.45, 7) is 0.310. The molecule has 0 aliphatic heterocycles. The number of nitrogens with one attached hydrogen (secondary N) is 1. The van der Waals surface area contributed by atoms with Gasteiger partial charge in [-0.1, -0.05) is 0 Å². The van der Waals surface area contributed by atoms with Crippen molar-refractivity contribution in [2.45, 2.75) is 11.3 Å². The lowest BCUT2D eigenvalue weighted by Crippen LogP contribution is -2.25. The largest absolute Gasteiger partial charge is 0.352 e. The number of halogens is 2. The minimum Gasteiger partial charge on any atom is -0.352 e. The van der Waals surface area contributed by atoms with Crippen molar-refractivity contribution in [3.05, 3.63) is 65.2 Å². The monoisotopic (exact) mass is 293 g/mol. The van der Waals surface area contributed by atoms with E-state index in [1.807, 2.05) is 0 Å². The standard InChI is InChI=1S/C15H13F2NOS/c16-12-7-10(8-13(17)9-12)5-6-18-15(19)11-1-3-14(20)4-2-11/h1-4,7-9,20H,5-6H2,(H,18,19). The predicted octanol–water partition coefficient (Wildman–Crippen LogP) is 3.23. The van der Waals surface area contributed by atoms with E-state index in [0.717, 1.165) is 11.0 Å². The van der Waals surface area contributed by atoms with E-state index in [-0.39, 0.29) is 5.91 Å². The third-order valence-corrected chi connectivity index (χ3v) is 3.05. The first-order chi connectivity index (χ1) is 9.54.